The van der Waals surface area contributed by atoms with Crippen molar-refractivity contribution in [1.29, 1.82) is 0 Å². The highest BCUT2D eigenvalue weighted by Crippen LogP contribution is 2.51. The zero-order chi connectivity index (χ0) is 83.1. The number of hydrogen-bond donors (Lipinski definition) is 16. The lowest BCUT2D eigenvalue weighted by atomic mass is 9.84. The highest BCUT2D eigenvalue weighted by molar-refractivity contribution is 6.32. The first kappa shape index (κ1) is 87.1. The average molecular weight is 1630 g/mol. The zero-order valence-electron chi connectivity index (χ0n) is 63.4. The number of aliphatic hydroxyl groups excluding tert-OH is 6. The smallest absolute Gasteiger partial charge is 0.336 e. The van der Waals surface area contributed by atoms with Crippen LogP contribution in [0.4, 0.5) is 0 Å². The van der Waals surface area contributed by atoms with Crippen LogP contribution in [0.2, 0.25) is 10.0 Å². The van der Waals surface area contributed by atoms with Gasteiger partial charge in [-0.2, -0.15) is 0 Å². The first-order valence-electron chi connectivity index (χ1n) is 37.5. The number of halogens is 2. The molecule has 2 fully saturated rings. The van der Waals surface area contributed by atoms with Crippen LogP contribution in [0, 0.1) is 17.8 Å². The summed E-state index contributed by atoms with van der Waals surface area (Å²) >= 11 is 14.3. The number of Topliss-reactive ketones (excluding diaryl/α,β-unsaturated/α-hetero) is 2. The van der Waals surface area contributed by atoms with Gasteiger partial charge >= 0.3 is 11.9 Å². The van der Waals surface area contributed by atoms with E-state index in [0.29, 0.717) is 12.8 Å². The Labute approximate surface area is 665 Å². The minimum absolute atomic E-state index is 0.0298. The molecule has 12 rings (SSSR count). The molecule has 35 heteroatoms. The third-order valence-electron chi connectivity index (χ3n) is 21.0. The van der Waals surface area contributed by atoms with E-state index in [2.05, 4.69) is 26.6 Å². The number of primary amides is 1. The molecule has 0 saturated carbocycles. The number of aliphatic carboxylic acids is 1. The van der Waals surface area contributed by atoms with Crippen LogP contribution in [0.3, 0.4) is 0 Å². The van der Waals surface area contributed by atoms with Crippen molar-refractivity contribution in [3.63, 3.8) is 0 Å². The van der Waals surface area contributed by atoms with Crippen molar-refractivity contribution in [2.75, 3.05) is 26.9 Å². The number of benzene rings is 5. The van der Waals surface area contributed by atoms with Gasteiger partial charge in [0, 0.05) is 73.0 Å². The van der Waals surface area contributed by atoms with Crippen LogP contribution in [0.15, 0.2) is 78.9 Å². The Morgan fingerprint density at radius 1 is 0.737 bits per heavy atom. The van der Waals surface area contributed by atoms with E-state index in [1.54, 1.807) is 13.8 Å². The number of carboxylic acid groups (broad SMARTS) is 1. The summed E-state index contributed by atoms with van der Waals surface area (Å²) in [5.41, 5.74) is 1.93. The van der Waals surface area contributed by atoms with E-state index < -0.39 is 256 Å². The number of ether oxygens (including phenoxy) is 8. The van der Waals surface area contributed by atoms with Crippen molar-refractivity contribution in [3.05, 3.63) is 117 Å². The fraction of sp³-hybridized carbons (Fsp3) is 0.506. The number of carbonyl (C=O) groups excluding carboxylic acids is 8. The molecule has 7 aliphatic heterocycles. The summed E-state index contributed by atoms with van der Waals surface area (Å²) in [7, 11) is 1.19. The predicted molar refractivity (Wildman–Crippen MR) is 403 cm³/mol. The predicted octanol–water partition coefficient (Wildman–Crippen LogP) is 5.29. The molecule has 0 radical (unpaired) electrons. The number of phenolic OH excluding ortho intramolecular Hbond substituents is 3. The fourth-order valence-electron chi connectivity index (χ4n) is 14.8. The van der Waals surface area contributed by atoms with Gasteiger partial charge in [0.2, 0.25) is 41.6 Å². The van der Waals surface area contributed by atoms with Crippen LogP contribution >= 0.6 is 23.2 Å². The lowest BCUT2D eigenvalue weighted by Gasteiger charge is -2.48. The molecule has 0 spiro atoms. The minimum atomic E-state index is -2.26. The van der Waals surface area contributed by atoms with Gasteiger partial charge in [0.15, 0.2) is 47.6 Å². The molecule has 7 heterocycles. The van der Waals surface area contributed by atoms with Gasteiger partial charge < -0.3 is 121 Å². The average Bonchev–Trinajstić information content (AvgIpc) is 0.771. The first-order valence-corrected chi connectivity index (χ1v) is 38.2. The number of rotatable bonds is 23. The van der Waals surface area contributed by atoms with Crippen LogP contribution in [0.5, 0.6) is 46.0 Å². The second kappa shape index (κ2) is 37.5. The highest BCUT2D eigenvalue weighted by atomic mass is 35.5. The highest BCUT2D eigenvalue weighted by Gasteiger charge is 2.53. The van der Waals surface area contributed by atoms with Gasteiger partial charge in [-0.1, -0.05) is 88.4 Å². The molecule has 15 unspecified atom stereocenters. The van der Waals surface area contributed by atoms with Crippen molar-refractivity contribution in [2.45, 2.75) is 209 Å². The number of aromatic hydroxyl groups is 3. The van der Waals surface area contributed by atoms with Crippen molar-refractivity contribution in [1.82, 2.24) is 26.6 Å². The van der Waals surface area contributed by atoms with Crippen molar-refractivity contribution in [2.24, 2.45) is 23.5 Å². The van der Waals surface area contributed by atoms with E-state index >= 15 is 19.2 Å². The monoisotopic (exact) mass is 1630 g/mol. The summed E-state index contributed by atoms with van der Waals surface area (Å²) < 4.78 is 50.4. The molecule has 7 aliphatic rings. The number of fused-ring (bicyclic) bond motifs is 15. The van der Waals surface area contributed by atoms with Crippen molar-refractivity contribution >= 4 is 76.2 Å². The molecular weight excluding hydrogens is 1540 g/mol. The van der Waals surface area contributed by atoms with Gasteiger partial charge in [0.1, 0.15) is 77.4 Å². The number of ketones is 2. The van der Waals surface area contributed by atoms with E-state index in [-0.39, 0.29) is 65.1 Å². The summed E-state index contributed by atoms with van der Waals surface area (Å²) in [6.07, 6.45) is -18.4. The van der Waals surface area contributed by atoms with Crippen LogP contribution < -0.4 is 46.5 Å². The Morgan fingerprint density at radius 3 is 2.00 bits per heavy atom. The van der Waals surface area contributed by atoms with E-state index in [9.17, 15) is 75.0 Å². The van der Waals surface area contributed by atoms with Crippen molar-refractivity contribution < 1.29 is 132 Å². The number of amides is 5. The molecule has 2 saturated heterocycles. The molecule has 19 atom stereocenters. The topological polar surface area (TPSA) is 516 Å². The Morgan fingerprint density at radius 2 is 1.39 bits per heavy atom. The van der Waals surface area contributed by atoms with E-state index in [0.717, 1.165) is 79.9 Å². The fourth-order valence-corrected chi connectivity index (χ4v) is 15.3. The Balaban J connectivity index is 1.19. The van der Waals surface area contributed by atoms with Crippen LogP contribution in [-0.2, 0) is 66.8 Å². The maximum atomic E-state index is 16.3. The molecule has 5 aromatic carbocycles. The number of nitrogens with two attached hydrogens (primary N) is 1. The third-order valence-corrected chi connectivity index (χ3v) is 21.6. The number of hydrogen-bond acceptors (Lipinski definition) is 27. The van der Waals surface area contributed by atoms with Gasteiger partial charge in [0.25, 0.3) is 0 Å². The lowest BCUT2D eigenvalue weighted by Crippen LogP contribution is -2.66. The second-order valence-corrected chi connectivity index (χ2v) is 30.6. The third kappa shape index (κ3) is 19.8. The van der Waals surface area contributed by atoms with Gasteiger partial charge in [0.05, 0.1) is 47.8 Å². The maximum Gasteiger partial charge on any atom is 0.336 e. The normalized spacial score (nSPS) is 27.8. The number of phenols is 3. The largest absolute Gasteiger partial charge is 0.508 e. The number of esters is 1. The number of carboxylic acids is 1. The molecule has 5 amide bonds. The summed E-state index contributed by atoms with van der Waals surface area (Å²) in [5.74, 6) is -20.0. The van der Waals surface area contributed by atoms with Gasteiger partial charge in [-0.25, -0.2) is 9.59 Å². The standard InChI is InChI=1S/C79H96Cl2N6O27/c1-8-10-11-12-19-108-56(77(106)107-7)32-83-79(6)31-59(109-35(5)71(79)99)113-70-68(98)67(97)57(33-88)112-78(70)114-69-54-25-40-26-55(69)111-53-18-15-39(23-47(53)81)66(96)64-75(103)85-62(76(104)105)45-28-42(89)29-49(91)60(45)44-21-37(13-16-48(44)90)43(74(102)87-64)30-51(93)61(40)84-73(101)41(27-58(82)94)24-50(92)63(86-72(100)36(9-2)20-34(3)4)65(95)38-14-17-52(110-54)46(80)22-38/h13-18,21-23,25-26,28-29,34-36,41,43,56-57,59,61-68,70-71,78,83,88-91,95-99H,8-12,19-20,24,27,30-33H2,1-7H3,(H2,82,94)(H,84,101)(H,85,103)(H,86,100)(H,87,102)(H,104,105)/t35?,36-,41?,43?,56?,57?,59?,61?,62?,63-,64+,65?,66-,67?,68?,70?,71?,78?,79?/m1/s1. The van der Waals surface area contributed by atoms with Crippen molar-refractivity contribution in [3.8, 4) is 57.1 Å². The molecule has 618 valence electrons. The number of nitrogens with one attached hydrogen (secondary N) is 5. The van der Waals surface area contributed by atoms with Crippen LogP contribution in [0.25, 0.3) is 11.1 Å². The first-order chi connectivity index (χ1) is 54.1. The molecule has 114 heavy (non-hydrogen) atoms. The number of methoxy groups -OCH3 is 1. The van der Waals surface area contributed by atoms with E-state index in [4.69, 9.17) is 66.8 Å². The second-order valence-electron chi connectivity index (χ2n) is 29.8. The minimum Gasteiger partial charge on any atom is -0.508 e. The Hall–Kier alpha value is -9.33. The molecule has 17 N–H and O–H groups in total. The quantitative estimate of drug-likeness (QED) is 0.0292. The zero-order valence-corrected chi connectivity index (χ0v) is 64.9. The SMILES string of the molecule is CCCCCCOC(CNC1(C)CC(OC2C(Oc3c4cc5cc3Oc3ccc(cc3Cl)[C@@H](O)[C@@H]3NC(=O)C(CC(=O)C5NC(=O)C(CC(N)=O)CC(=O)[C@@H](NC(=O)[C@H](CC)CC(C)C)C(O)c5ccc(c(Cl)c5)O4)c4ccc(O)c(c4)-c4c(O)cc(O)cc4C(C(=O)O)NC3=O)OC(CO)C(O)C2O)OC(C)C1O)C(=O)OC. The molecule has 0 aliphatic carbocycles. The number of carbonyl (C=O) groups is 9. The lowest BCUT2D eigenvalue weighted by molar-refractivity contribution is -0.334. The van der Waals surface area contributed by atoms with E-state index in [1.807, 2.05) is 20.8 Å². The number of unbranched alkanes of at least 4 members (excludes halogenated alkanes) is 3. The molecule has 11 bridgehead atoms. The van der Waals surface area contributed by atoms with Crippen LogP contribution in [0.1, 0.15) is 164 Å². The maximum absolute atomic E-state index is 16.3. The summed E-state index contributed by atoms with van der Waals surface area (Å²) in [6, 6.07) is 5.50. The molecule has 0 aromatic heterocycles. The number of aliphatic hydroxyl groups is 6. The molecule has 33 nitrogen and oxygen atoms in total. The molecular formula is C79H96Cl2N6O27. The van der Waals surface area contributed by atoms with E-state index in [1.165, 1.54) is 32.2 Å². The summed E-state index contributed by atoms with van der Waals surface area (Å²) in [4.78, 5) is 132. The summed E-state index contributed by atoms with van der Waals surface area (Å²) in [6.45, 7) is 9.67. The Bertz CT molecular complexity index is 4420. The van der Waals surface area contributed by atoms with Gasteiger partial charge in [-0.3, -0.25) is 33.6 Å². The Kier molecular flexibility index (Phi) is 28.7. The molecule has 5 aromatic rings. The van der Waals surface area contributed by atoms with Gasteiger partial charge in [-0.15, -0.1) is 0 Å². The summed E-state index contributed by atoms with van der Waals surface area (Å²) in [5, 5.41) is 129. The van der Waals surface area contributed by atoms with Gasteiger partial charge in [-0.05, 0) is 116 Å². The van der Waals surface area contributed by atoms with Crippen LogP contribution in [-0.4, -0.2) is 204 Å².